The number of alkyl halides is 2. The fourth-order valence-corrected chi connectivity index (χ4v) is 3.07. The van der Waals surface area contributed by atoms with Crippen molar-refractivity contribution < 1.29 is 13.2 Å². The van der Waals surface area contributed by atoms with Crippen LogP contribution in [0.1, 0.15) is 5.56 Å². The SMILES string of the molecule is FC(F)(P)c1ccccc1-c1ccc2nc(-c3ccccc3)oc2c1. The van der Waals surface area contributed by atoms with Gasteiger partial charge in [-0.3, -0.25) is 0 Å². The molecule has 0 fully saturated rings. The molecule has 25 heavy (non-hydrogen) atoms. The summed E-state index contributed by atoms with van der Waals surface area (Å²) >= 11 is 0. The van der Waals surface area contributed by atoms with Gasteiger partial charge in [0.1, 0.15) is 5.52 Å². The van der Waals surface area contributed by atoms with Gasteiger partial charge in [-0.05, 0) is 35.4 Å². The van der Waals surface area contributed by atoms with E-state index in [1.807, 2.05) is 30.3 Å². The van der Waals surface area contributed by atoms with E-state index < -0.39 is 5.66 Å². The Morgan fingerprint density at radius 2 is 1.56 bits per heavy atom. The Morgan fingerprint density at radius 3 is 2.32 bits per heavy atom. The molecule has 0 aliphatic heterocycles. The Kier molecular flexibility index (Phi) is 3.85. The monoisotopic (exact) mass is 353 g/mol. The van der Waals surface area contributed by atoms with E-state index in [-0.39, 0.29) is 5.56 Å². The molecular formula is C20H14F2NOP. The van der Waals surface area contributed by atoms with Crippen molar-refractivity contribution >= 4 is 20.3 Å². The molecule has 0 bridgehead atoms. The maximum atomic E-state index is 13.9. The molecule has 3 aromatic carbocycles. The van der Waals surface area contributed by atoms with Crippen LogP contribution in [0.15, 0.2) is 77.2 Å². The first-order chi connectivity index (χ1) is 12.0. The van der Waals surface area contributed by atoms with Crippen molar-refractivity contribution in [1.82, 2.24) is 4.98 Å². The highest BCUT2D eigenvalue weighted by Crippen LogP contribution is 2.41. The first-order valence-electron chi connectivity index (χ1n) is 7.75. The molecule has 2 nitrogen and oxygen atoms in total. The summed E-state index contributed by atoms with van der Waals surface area (Å²) in [4.78, 5) is 4.47. The van der Waals surface area contributed by atoms with E-state index in [2.05, 4.69) is 4.98 Å². The summed E-state index contributed by atoms with van der Waals surface area (Å²) in [6.45, 7) is 0. The van der Waals surface area contributed by atoms with Gasteiger partial charge in [0.25, 0.3) is 5.66 Å². The molecule has 4 aromatic rings. The third-order valence-electron chi connectivity index (χ3n) is 4.01. The van der Waals surface area contributed by atoms with E-state index in [1.165, 1.54) is 6.07 Å². The Balaban J connectivity index is 1.83. The minimum absolute atomic E-state index is 0.0397. The minimum Gasteiger partial charge on any atom is -0.436 e. The number of hydrogen-bond acceptors (Lipinski definition) is 2. The zero-order valence-corrected chi connectivity index (χ0v) is 14.3. The van der Waals surface area contributed by atoms with Gasteiger partial charge in [0.15, 0.2) is 5.58 Å². The molecule has 0 spiro atoms. The first kappa shape index (κ1) is 15.9. The molecule has 0 aliphatic carbocycles. The summed E-state index contributed by atoms with van der Waals surface area (Å²) in [6.07, 6.45) is 0. The molecule has 124 valence electrons. The molecule has 0 N–H and O–H groups in total. The third-order valence-corrected chi connectivity index (χ3v) is 4.32. The van der Waals surface area contributed by atoms with Crippen LogP contribution in [0, 0.1) is 0 Å². The van der Waals surface area contributed by atoms with Crippen LogP contribution in [0.2, 0.25) is 0 Å². The highest BCUT2D eigenvalue weighted by atomic mass is 31.0. The van der Waals surface area contributed by atoms with Gasteiger partial charge in [-0.15, -0.1) is 0 Å². The highest BCUT2D eigenvalue weighted by Gasteiger charge is 2.27. The fraction of sp³-hybridized carbons (Fsp3) is 0.0500. The minimum atomic E-state index is -3.00. The highest BCUT2D eigenvalue weighted by molar-refractivity contribution is 7.17. The summed E-state index contributed by atoms with van der Waals surface area (Å²) in [5, 5.41) is 0. The summed E-state index contributed by atoms with van der Waals surface area (Å²) < 4.78 is 33.6. The predicted molar refractivity (Wildman–Crippen MR) is 98.5 cm³/mol. The number of halogens is 2. The van der Waals surface area contributed by atoms with Crippen LogP contribution < -0.4 is 0 Å². The number of hydrogen-bond donors (Lipinski definition) is 0. The Hall–Kier alpha value is -2.58. The van der Waals surface area contributed by atoms with E-state index in [1.54, 1.807) is 45.6 Å². The summed E-state index contributed by atoms with van der Waals surface area (Å²) in [6, 6.07) is 21.4. The quantitative estimate of drug-likeness (QED) is 0.417. The topological polar surface area (TPSA) is 26.0 Å². The molecule has 0 amide bonds. The maximum Gasteiger partial charge on any atom is 0.284 e. The molecule has 4 rings (SSSR count). The second-order valence-electron chi connectivity index (χ2n) is 5.74. The molecule has 1 atom stereocenters. The van der Waals surface area contributed by atoms with Gasteiger partial charge in [0, 0.05) is 11.1 Å². The largest absolute Gasteiger partial charge is 0.436 e. The molecule has 0 radical (unpaired) electrons. The number of aromatic nitrogens is 1. The molecule has 0 saturated carbocycles. The second kappa shape index (κ2) is 6.05. The number of oxazole rings is 1. The van der Waals surface area contributed by atoms with Crippen LogP contribution in [-0.4, -0.2) is 4.98 Å². The smallest absolute Gasteiger partial charge is 0.284 e. The van der Waals surface area contributed by atoms with E-state index in [9.17, 15) is 8.78 Å². The van der Waals surface area contributed by atoms with Gasteiger partial charge in [0.05, 0.1) is 0 Å². The zero-order chi connectivity index (χ0) is 17.4. The Labute approximate surface area is 145 Å². The molecule has 1 aromatic heterocycles. The summed E-state index contributed by atoms with van der Waals surface area (Å²) in [7, 11) is 1.59. The molecule has 0 saturated heterocycles. The van der Waals surface area contributed by atoms with Gasteiger partial charge >= 0.3 is 0 Å². The van der Waals surface area contributed by atoms with Crippen LogP contribution in [0.25, 0.3) is 33.7 Å². The van der Waals surface area contributed by atoms with Gasteiger partial charge < -0.3 is 4.42 Å². The van der Waals surface area contributed by atoms with Crippen molar-refractivity contribution in [3.05, 3.63) is 78.4 Å². The Morgan fingerprint density at radius 1 is 0.840 bits per heavy atom. The maximum absolute atomic E-state index is 13.9. The average molecular weight is 353 g/mol. The van der Waals surface area contributed by atoms with Crippen LogP contribution in [0.4, 0.5) is 8.78 Å². The van der Waals surface area contributed by atoms with Crippen molar-refractivity contribution in [2.45, 2.75) is 5.66 Å². The summed E-state index contributed by atoms with van der Waals surface area (Å²) in [5.41, 5.74) is 0.237. The van der Waals surface area contributed by atoms with Crippen LogP contribution in [0.3, 0.4) is 0 Å². The van der Waals surface area contributed by atoms with E-state index in [4.69, 9.17) is 4.42 Å². The molecular weight excluding hydrogens is 339 g/mol. The zero-order valence-electron chi connectivity index (χ0n) is 13.1. The fourth-order valence-electron chi connectivity index (χ4n) is 2.82. The number of nitrogens with zero attached hydrogens (tertiary/aromatic N) is 1. The number of benzene rings is 3. The van der Waals surface area contributed by atoms with Crippen molar-refractivity contribution in [3.8, 4) is 22.6 Å². The van der Waals surface area contributed by atoms with E-state index in [0.29, 0.717) is 28.1 Å². The lowest BCUT2D eigenvalue weighted by Crippen LogP contribution is -2.04. The molecule has 1 unspecified atom stereocenters. The van der Waals surface area contributed by atoms with Gasteiger partial charge in [-0.2, -0.15) is 8.78 Å². The number of rotatable bonds is 3. The molecule has 0 aliphatic rings. The normalized spacial score (nSPS) is 11.8. The Bertz CT molecular complexity index is 1040. The van der Waals surface area contributed by atoms with Gasteiger partial charge in [0.2, 0.25) is 5.89 Å². The number of fused-ring (bicyclic) bond motifs is 1. The standard InChI is InChI=1S/C20H14F2NOP/c21-20(22,25)16-9-5-4-8-15(16)14-10-11-17-18(12-14)24-19(23-17)13-6-2-1-3-7-13/h1-12H,25H2. The lowest BCUT2D eigenvalue weighted by Gasteiger charge is -2.15. The predicted octanol–water partition coefficient (Wildman–Crippen LogP) is 6.09. The molecule has 1 heterocycles. The van der Waals surface area contributed by atoms with Gasteiger partial charge in [-0.25, -0.2) is 4.98 Å². The van der Waals surface area contributed by atoms with Crippen LogP contribution in [-0.2, 0) is 5.66 Å². The van der Waals surface area contributed by atoms with Crippen LogP contribution in [0.5, 0.6) is 0 Å². The lowest BCUT2D eigenvalue weighted by molar-refractivity contribution is 0.104. The third kappa shape index (κ3) is 3.06. The van der Waals surface area contributed by atoms with Crippen molar-refractivity contribution in [2.24, 2.45) is 0 Å². The second-order valence-corrected chi connectivity index (χ2v) is 6.46. The summed E-state index contributed by atoms with van der Waals surface area (Å²) in [5.74, 6) is 0.511. The first-order valence-corrected chi connectivity index (χ1v) is 8.33. The van der Waals surface area contributed by atoms with Crippen LogP contribution >= 0.6 is 9.24 Å². The van der Waals surface area contributed by atoms with Crippen molar-refractivity contribution in [1.29, 1.82) is 0 Å². The average Bonchev–Trinajstić information content (AvgIpc) is 3.05. The lowest BCUT2D eigenvalue weighted by atomic mass is 9.99. The van der Waals surface area contributed by atoms with E-state index in [0.717, 1.165) is 5.56 Å². The van der Waals surface area contributed by atoms with Gasteiger partial charge in [-0.1, -0.05) is 57.8 Å². The van der Waals surface area contributed by atoms with Crippen molar-refractivity contribution in [3.63, 3.8) is 0 Å². The van der Waals surface area contributed by atoms with E-state index >= 15 is 0 Å². The molecule has 5 heteroatoms. The van der Waals surface area contributed by atoms with Crippen molar-refractivity contribution in [2.75, 3.05) is 0 Å².